The third-order valence-electron chi connectivity index (χ3n) is 18.3. The average Bonchev–Trinajstić information content (AvgIpc) is 1.51. The number of aryl methyl sites for hydroxylation is 2. The summed E-state index contributed by atoms with van der Waals surface area (Å²) >= 11 is 22.1. The number of fused-ring (bicyclic) bond motifs is 8. The lowest BCUT2D eigenvalue weighted by Gasteiger charge is -2.35. The number of halogens is 14. The first-order valence-corrected chi connectivity index (χ1v) is 44.1. The van der Waals surface area contributed by atoms with Gasteiger partial charge in [-0.15, -0.1) is 20.4 Å². The van der Waals surface area contributed by atoms with Crippen LogP contribution in [0.3, 0.4) is 0 Å². The number of alkyl halides is 1. The number of nitro groups is 2. The van der Waals surface area contributed by atoms with Gasteiger partial charge in [0.15, 0.2) is 34.7 Å². The number of carboxylic acids is 1. The number of aromatic hydroxyl groups is 2. The van der Waals surface area contributed by atoms with Crippen LogP contribution in [-0.4, -0.2) is 148 Å². The first-order chi connectivity index (χ1) is 60.4. The van der Waals surface area contributed by atoms with Crippen molar-refractivity contribution in [3.05, 3.63) is 221 Å². The van der Waals surface area contributed by atoms with E-state index in [0.717, 1.165) is 40.3 Å². The summed E-state index contributed by atoms with van der Waals surface area (Å²) < 4.78 is 141. The zero-order valence-electron chi connectivity index (χ0n) is 73.5. The first kappa shape index (κ1) is 118. The fourth-order valence-electron chi connectivity index (χ4n) is 11.5. The molecule has 0 atom stereocenters. The number of benzene rings is 8. The second kappa shape index (κ2) is 50.6. The molecule has 8 aromatic carbocycles. The maximum absolute atomic E-state index is 14.3. The highest BCUT2D eigenvalue weighted by Gasteiger charge is 2.41. The summed E-state index contributed by atoms with van der Waals surface area (Å²) in [7, 11) is 8.97. The van der Waals surface area contributed by atoms with Gasteiger partial charge in [-0.3, -0.25) is 43.7 Å². The number of anilines is 5. The van der Waals surface area contributed by atoms with Crippen LogP contribution in [0.1, 0.15) is 125 Å². The third kappa shape index (κ3) is 29.6. The predicted octanol–water partition coefficient (Wildman–Crippen LogP) is 21.5. The number of ether oxygens (including phenoxy) is 6. The minimum absolute atomic E-state index is 0. The van der Waals surface area contributed by atoms with Gasteiger partial charge in [0.05, 0.1) is 123 Å². The Balaban J connectivity index is 0.000000504. The van der Waals surface area contributed by atoms with E-state index in [2.05, 4.69) is 144 Å². The summed E-state index contributed by atoms with van der Waals surface area (Å²) in [6, 6.07) is 21.1. The summed E-state index contributed by atoms with van der Waals surface area (Å²) in [5, 5.41) is 75.5. The van der Waals surface area contributed by atoms with Gasteiger partial charge >= 0.3 is 17.3 Å². The molecule has 2 aromatic heterocycles. The summed E-state index contributed by atoms with van der Waals surface area (Å²) in [6.07, 6.45) is 0.780. The molecule has 46 heteroatoms. The molecule has 0 spiro atoms. The normalized spacial score (nSPS) is 13.1. The molecule has 0 aliphatic carbocycles. The molecule has 0 unspecified atom stereocenters. The predicted molar refractivity (Wildman–Crippen MR) is 522 cm³/mol. The van der Waals surface area contributed by atoms with Crippen LogP contribution >= 0.6 is 114 Å². The van der Waals surface area contributed by atoms with Crippen LogP contribution < -0.4 is 66.9 Å². The number of nitrogens with zero attached hydrogens (tertiary/aromatic N) is 8. The Labute approximate surface area is 818 Å². The number of ketones is 2. The van der Waals surface area contributed by atoms with Crippen molar-refractivity contribution in [2.75, 3.05) is 81.1 Å². The number of thiocarbonyl (C=S) groups is 1. The molecule has 31 nitrogen and oxygen atoms in total. The maximum Gasteiger partial charge on any atom is 0.327 e. The lowest BCUT2D eigenvalue weighted by molar-refractivity contribution is -0.387. The maximum atomic E-state index is 14.3. The van der Waals surface area contributed by atoms with Crippen molar-refractivity contribution < 1.29 is 103 Å². The molecule has 0 radical (unpaired) electrons. The quantitative estimate of drug-likeness (QED) is 0.0116. The number of hydrogen-bond donors (Lipinski definition) is 10. The number of hydrogen-bond acceptors (Lipinski definition) is 27. The number of rotatable bonds is 10. The number of carboxylic acid groups (broad SMARTS) is 1. The van der Waals surface area contributed by atoms with Crippen molar-refractivity contribution in [2.24, 2.45) is 11.5 Å². The van der Waals surface area contributed by atoms with Crippen LogP contribution in [0.5, 0.6) is 46.0 Å². The van der Waals surface area contributed by atoms with Gasteiger partial charge in [0.2, 0.25) is 0 Å². The number of nitrogen functional groups attached to an aromatic ring is 1. The monoisotopic (exact) mass is 2310 g/mol. The standard InChI is InChI=1S/C13H14BrFN4O.C13H15FN4O.C12H14FNO2.C12H14FNOS.C7H5BrFNO3.C7H7BrFNO.C6H3BrFNO3.C6H4BrFO.C4H9NO2.C3H7NO.CH3I.2CH4/c1-6-17-18-12-13(2,3)16-9-8(15)5-7(14)11(20-4)10(9)19(6)12;1-7-16-17-12-13(2,3)15-10-8(14)5-6-9(19-4)11(10)18(7)12;1-12(2)10(15)6-7-9(16-3)5-4-8(13)11(7)14-12;1-12(2)10(16)6-7-9(15-3)5-4-8(13)11(7)14-12;1-13-5-3-2-4(9)6(8)7(5)10(11)12;1-11-5-3-2-4(9)6(8)7(5)10;7-5-3(8)1-2-4(10)6(5)9(11)12;7-5-3-4(9)1-2-6(5)8;1-4(2,5)3(6)7;1-3(5)2-4;1-2;;/h5,16H,1-4H3;5-6,15H,1-4H3;2*4-5,14H,6H2,1-3H3;2-3H,1H3;2-3H,10H2,1H3;1-2,10H;1-3,9H;5H2,1-2H3,(H,6,7);2,4H2,1H3;1H3;2*1H4. The van der Waals surface area contributed by atoms with E-state index in [1.165, 1.54) is 103 Å². The number of nitro benzene ring substituents is 2. The molecule has 0 amide bonds. The number of carbonyl (C=O) groups is 3. The highest BCUT2D eigenvalue weighted by atomic mass is 127. The Morgan fingerprint density at radius 3 is 1.28 bits per heavy atom. The van der Waals surface area contributed by atoms with Crippen molar-refractivity contribution in [3.8, 4) is 57.4 Å². The summed E-state index contributed by atoms with van der Waals surface area (Å²) in [5.74, 6) is 0.801. The van der Waals surface area contributed by atoms with Crippen molar-refractivity contribution >= 4 is 177 Å². The largest absolute Gasteiger partial charge is 0.508 e. The van der Waals surface area contributed by atoms with Crippen molar-refractivity contribution in [3.63, 3.8) is 0 Å². The number of aliphatic carboxylic acids is 1. The van der Waals surface area contributed by atoms with Crippen LogP contribution in [0.15, 0.2) is 119 Å². The molecule has 132 heavy (non-hydrogen) atoms. The summed E-state index contributed by atoms with van der Waals surface area (Å²) in [5.41, 5.74) is 15.8. The van der Waals surface area contributed by atoms with Crippen LogP contribution in [0.2, 0.25) is 0 Å². The number of phenolic OH excluding ortho intramolecular Hbond substituents is 2. The van der Waals surface area contributed by atoms with Gasteiger partial charge < -0.3 is 82.2 Å². The van der Waals surface area contributed by atoms with Gasteiger partial charge in [-0.2, -0.15) is 0 Å². The number of nitrogens with one attached hydrogen (secondary N) is 4. The van der Waals surface area contributed by atoms with Crippen LogP contribution in [0, 0.1) is 80.6 Å². The molecular weight excluding hydrogens is 2210 g/mol. The molecule has 13 N–H and O–H groups in total. The van der Waals surface area contributed by atoms with E-state index < -0.39 is 66.7 Å². The smallest absolute Gasteiger partial charge is 0.327 e. The van der Waals surface area contributed by atoms with E-state index in [9.17, 15) is 69.7 Å². The zero-order chi connectivity index (χ0) is 99.2. The number of Topliss-reactive ketones (excluding diaryl/α,β-unsaturated/α-hetero) is 2. The van der Waals surface area contributed by atoms with Crippen molar-refractivity contribution in [2.45, 2.75) is 145 Å². The number of aromatic nitrogens is 6. The van der Waals surface area contributed by atoms with Gasteiger partial charge in [-0.25, -0.2) is 35.1 Å². The van der Waals surface area contributed by atoms with Gasteiger partial charge in [0, 0.05) is 28.8 Å². The number of methoxy groups -OCH3 is 6. The fourth-order valence-corrected chi connectivity index (χ4v) is 13.9. The zero-order valence-corrected chi connectivity index (χ0v) is 84.4. The second-order valence-electron chi connectivity index (χ2n) is 30.0. The van der Waals surface area contributed by atoms with E-state index in [1.54, 1.807) is 53.4 Å². The first-order valence-electron chi connectivity index (χ1n) is 37.6. The number of phenols is 2. The molecule has 0 bridgehead atoms. The van der Waals surface area contributed by atoms with Gasteiger partial charge in [-0.1, -0.05) is 49.7 Å². The lowest BCUT2D eigenvalue weighted by atomic mass is 9.87. The van der Waals surface area contributed by atoms with Crippen LogP contribution in [0.4, 0.5) is 74.9 Å². The number of nitrogens with two attached hydrogens (primary N) is 3. The average molecular weight is 2310 g/mol. The van der Waals surface area contributed by atoms with Crippen molar-refractivity contribution in [1.29, 1.82) is 0 Å². The lowest BCUT2D eigenvalue weighted by Crippen LogP contribution is -2.45. The third-order valence-corrected chi connectivity index (χ3v) is 22.5. The SMILES string of the molecule is C.C.CC(=O)CN.CC(C)(N)C(=O)O.CI.COc1c(Br)cc(F)c2c1-n1c(C)nnc1C(C)(C)N2.COc1ccc(F)c(Br)c1N.COc1ccc(F)c(Br)c1[N+](=O)[O-].COc1ccc(F)c2c1-n1c(C)nnc1C(C)(C)N2.COc1ccc(F)c2c1CC(=O)C(C)(C)N2.COc1ccc(F)c2c1CC(=S)C(C)(C)N2.O=[N+]([O-])c1c(O)ccc(F)c1Br.Oc1ccc(F)c(Br)c1. The Bertz CT molecular complexity index is 5720. The number of carbonyl (C=O) groups excluding carboxylic acids is 2. The molecule has 10 aromatic rings. The minimum atomic E-state index is -1.08. The molecule has 4 aliphatic heterocycles. The molecular formula is C86H103Br5F8IN15O16S. The fraction of sp³-hybridized carbons (Fsp3) is 0.349. The Kier molecular flexibility index (Phi) is 45.2. The molecule has 0 fully saturated rings. The van der Waals surface area contributed by atoms with Gasteiger partial charge in [-0.05, 0) is 272 Å². The Hall–Kier alpha value is -10.4. The molecule has 14 rings (SSSR count). The van der Waals surface area contributed by atoms with E-state index >= 15 is 0 Å². The van der Waals surface area contributed by atoms with Gasteiger partial charge in [0.1, 0.15) is 119 Å². The van der Waals surface area contributed by atoms with E-state index in [0.29, 0.717) is 91.0 Å². The van der Waals surface area contributed by atoms with Crippen molar-refractivity contribution in [1.82, 2.24) is 29.5 Å². The molecule has 4 aliphatic rings. The highest BCUT2D eigenvalue weighted by molar-refractivity contribution is 14.1. The van der Waals surface area contributed by atoms with E-state index in [4.69, 9.17) is 73.2 Å². The summed E-state index contributed by atoms with van der Waals surface area (Å²) in [4.78, 5) is 53.4. The molecule has 722 valence electrons. The molecule has 0 saturated carbocycles. The molecule has 0 saturated heterocycles. The van der Waals surface area contributed by atoms with Gasteiger partial charge in [0.25, 0.3) is 0 Å². The van der Waals surface area contributed by atoms with Crippen LogP contribution in [-0.2, 0) is 38.3 Å². The highest BCUT2D eigenvalue weighted by Crippen LogP contribution is 2.48. The van der Waals surface area contributed by atoms with E-state index in [1.807, 2.05) is 69.5 Å². The second-order valence-corrected chi connectivity index (χ2v) is 34.5. The van der Waals surface area contributed by atoms with E-state index in [-0.39, 0.29) is 115 Å². The Morgan fingerprint density at radius 2 is 0.879 bits per heavy atom. The Morgan fingerprint density at radius 1 is 0.523 bits per heavy atom. The summed E-state index contributed by atoms with van der Waals surface area (Å²) in [6.45, 7) is 23.3. The minimum Gasteiger partial charge on any atom is -0.508 e. The molecule has 6 heterocycles. The van der Waals surface area contributed by atoms with Crippen LogP contribution in [0.25, 0.3) is 11.4 Å². The topological polar surface area (TPSA) is 441 Å².